The van der Waals surface area contributed by atoms with Crippen LogP contribution in [0, 0.1) is 0 Å². The lowest BCUT2D eigenvalue weighted by molar-refractivity contribution is -0.139. The fourth-order valence-corrected chi connectivity index (χ4v) is 2.37. The number of methoxy groups -OCH3 is 1. The van der Waals surface area contributed by atoms with Gasteiger partial charge in [-0.3, -0.25) is 9.38 Å². The summed E-state index contributed by atoms with van der Waals surface area (Å²) in [5.74, 6) is 0.0654. The Balaban J connectivity index is 2.14. The third kappa shape index (κ3) is 2.72. The third-order valence-corrected chi connectivity index (χ3v) is 3.49. The molecule has 5 nitrogen and oxygen atoms in total. The quantitative estimate of drug-likeness (QED) is 0.805. The number of benzene rings is 1. The maximum Gasteiger partial charge on any atom is 0.416 e. The number of imidazole rings is 1. The highest BCUT2D eigenvalue weighted by molar-refractivity contribution is 5.44. The van der Waals surface area contributed by atoms with Crippen molar-refractivity contribution >= 4 is 5.65 Å². The normalized spacial score (nSPS) is 13.3. The second-order valence-electron chi connectivity index (χ2n) is 4.84. The van der Waals surface area contributed by atoms with Crippen molar-refractivity contribution < 1.29 is 23.0 Å². The van der Waals surface area contributed by atoms with E-state index in [9.17, 15) is 18.3 Å². The SMILES string of the molecule is COc1ccc(C(O)c2cnc3cnccn23)c(C(F)(F)F)c1. The topological polar surface area (TPSA) is 59.7 Å². The largest absolute Gasteiger partial charge is 0.497 e. The van der Waals surface area contributed by atoms with Gasteiger partial charge in [-0.1, -0.05) is 6.07 Å². The van der Waals surface area contributed by atoms with Gasteiger partial charge in [0.2, 0.25) is 0 Å². The van der Waals surface area contributed by atoms with Gasteiger partial charge in [0, 0.05) is 12.4 Å². The van der Waals surface area contributed by atoms with Crippen molar-refractivity contribution in [2.24, 2.45) is 0 Å². The van der Waals surface area contributed by atoms with Crippen LogP contribution in [-0.4, -0.2) is 26.6 Å². The molecule has 8 heteroatoms. The summed E-state index contributed by atoms with van der Waals surface area (Å²) >= 11 is 0. The first-order valence-electron chi connectivity index (χ1n) is 6.62. The fourth-order valence-electron chi connectivity index (χ4n) is 2.37. The van der Waals surface area contributed by atoms with E-state index in [1.54, 1.807) is 0 Å². The number of hydrogen-bond acceptors (Lipinski definition) is 4. The van der Waals surface area contributed by atoms with Crippen LogP contribution in [0.15, 0.2) is 43.0 Å². The Kier molecular flexibility index (Phi) is 3.69. The molecule has 1 atom stereocenters. The Labute approximate surface area is 129 Å². The van der Waals surface area contributed by atoms with E-state index in [-0.39, 0.29) is 17.0 Å². The molecule has 0 aliphatic carbocycles. The lowest BCUT2D eigenvalue weighted by atomic mass is 9.99. The van der Waals surface area contributed by atoms with E-state index < -0.39 is 17.8 Å². The van der Waals surface area contributed by atoms with E-state index in [1.807, 2.05) is 0 Å². The number of fused-ring (bicyclic) bond motifs is 1. The van der Waals surface area contributed by atoms with Crippen molar-refractivity contribution in [2.75, 3.05) is 7.11 Å². The Hall–Kier alpha value is -2.61. The summed E-state index contributed by atoms with van der Waals surface area (Å²) in [5, 5.41) is 10.5. The van der Waals surface area contributed by atoms with E-state index in [0.717, 1.165) is 6.07 Å². The van der Waals surface area contributed by atoms with Gasteiger partial charge in [-0.2, -0.15) is 13.2 Å². The van der Waals surface area contributed by atoms with Crippen LogP contribution in [0.1, 0.15) is 22.9 Å². The number of aliphatic hydroxyl groups excluding tert-OH is 1. The summed E-state index contributed by atoms with van der Waals surface area (Å²) in [6.07, 6.45) is -0.343. The van der Waals surface area contributed by atoms with Gasteiger partial charge in [0.15, 0.2) is 5.65 Å². The molecule has 0 bridgehead atoms. The Morgan fingerprint density at radius 1 is 1.26 bits per heavy atom. The summed E-state index contributed by atoms with van der Waals surface area (Å²) < 4.78 is 46.2. The Bertz CT molecular complexity index is 845. The van der Waals surface area contributed by atoms with Crippen molar-refractivity contribution in [1.29, 1.82) is 0 Å². The molecule has 120 valence electrons. The number of aliphatic hydroxyl groups is 1. The van der Waals surface area contributed by atoms with Gasteiger partial charge in [-0.25, -0.2) is 4.98 Å². The van der Waals surface area contributed by atoms with E-state index in [2.05, 4.69) is 9.97 Å². The molecule has 0 aliphatic heterocycles. The monoisotopic (exact) mass is 323 g/mol. The average molecular weight is 323 g/mol. The van der Waals surface area contributed by atoms with Gasteiger partial charge >= 0.3 is 6.18 Å². The second kappa shape index (κ2) is 5.54. The number of rotatable bonds is 3. The minimum absolute atomic E-state index is 0.0654. The zero-order valence-electron chi connectivity index (χ0n) is 11.9. The highest BCUT2D eigenvalue weighted by Gasteiger charge is 2.36. The summed E-state index contributed by atoms with van der Waals surface area (Å²) in [4.78, 5) is 7.90. The minimum Gasteiger partial charge on any atom is -0.497 e. The third-order valence-electron chi connectivity index (χ3n) is 3.49. The standard InChI is InChI=1S/C15H12F3N3O2/c1-23-9-2-3-10(11(6-9)15(16,17)18)14(22)12-7-20-13-8-19-4-5-21(12)13/h2-8,14,22H,1H3. The molecule has 0 saturated heterocycles. The molecule has 2 aromatic heterocycles. The molecule has 2 heterocycles. The van der Waals surface area contributed by atoms with Crippen molar-refractivity contribution in [3.05, 3.63) is 59.8 Å². The first-order chi connectivity index (χ1) is 10.9. The van der Waals surface area contributed by atoms with E-state index in [4.69, 9.17) is 4.74 Å². The molecule has 1 unspecified atom stereocenters. The molecule has 0 aliphatic rings. The van der Waals surface area contributed by atoms with Crippen molar-refractivity contribution in [2.45, 2.75) is 12.3 Å². The number of ether oxygens (including phenoxy) is 1. The number of alkyl halides is 3. The molecule has 0 saturated carbocycles. The van der Waals surface area contributed by atoms with Crippen molar-refractivity contribution in [3.63, 3.8) is 0 Å². The zero-order valence-corrected chi connectivity index (χ0v) is 11.9. The van der Waals surface area contributed by atoms with Gasteiger partial charge in [-0.05, 0) is 17.7 Å². The number of halogens is 3. The smallest absolute Gasteiger partial charge is 0.416 e. The first-order valence-corrected chi connectivity index (χ1v) is 6.62. The minimum atomic E-state index is -4.62. The molecule has 3 aromatic rings. The highest BCUT2D eigenvalue weighted by atomic mass is 19.4. The predicted molar refractivity (Wildman–Crippen MR) is 75.0 cm³/mol. The molecule has 0 amide bonds. The fraction of sp³-hybridized carbons (Fsp3) is 0.200. The van der Waals surface area contributed by atoms with Crippen LogP contribution in [-0.2, 0) is 6.18 Å². The lowest BCUT2D eigenvalue weighted by Crippen LogP contribution is -2.14. The van der Waals surface area contributed by atoms with E-state index in [0.29, 0.717) is 5.65 Å². The first kappa shape index (κ1) is 15.3. The second-order valence-corrected chi connectivity index (χ2v) is 4.84. The summed E-state index contributed by atoms with van der Waals surface area (Å²) in [6.45, 7) is 0. The molecular weight excluding hydrogens is 311 g/mol. The van der Waals surface area contributed by atoms with Crippen LogP contribution < -0.4 is 4.74 Å². The van der Waals surface area contributed by atoms with Gasteiger partial charge in [0.1, 0.15) is 11.9 Å². The lowest BCUT2D eigenvalue weighted by Gasteiger charge is -2.18. The van der Waals surface area contributed by atoms with Crippen LogP contribution in [0.3, 0.4) is 0 Å². The van der Waals surface area contributed by atoms with Gasteiger partial charge < -0.3 is 9.84 Å². The van der Waals surface area contributed by atoms with Crippen molar-refractivity contribution in [1.82, 2.24) is 14.4 Å². The summed E-state index contributed by atoms with van der Waals surface area (Å²) in [7, 11) is 1.28. The van der Waals surface area contributed by atoms with Crippen molar-refractivity contribution in [3.8, 4) is 5.75 Å². The molecule has 23 heavy (non-hydrogen) atoms. The predicted octanol–water partition coefficient (Wildman–Crippen LogP) is 2.84. The maximum atomic E-state index is 13.3. The molecule has 1 N–H and O–H groups in total. The zero-order chi connectivity index (χ0) is 16.6. The Morgan fingerprint density at radius 2 is 2.04 bits per heavy atom. The molecule has 0 fully saturated rings. The summed E-state index contributed by atoms with van der Waals surface area (Å²) in [6, 6.07) is 3.44. The molecule has 3 rings (SSSR count). The molecule has 0 radical (unpaired) electrons. The maximum absolute atomic E-state index is 13.3. The molecule has 1 aromatic carbocycles. The molecule has 0 spiro atoms. The highest BCUT2D eigenvalue weighted by Crippen LogP contribution is 2.38. The van der Waals surface area contributed by atoms with Gasteiger partial charge in [-0.15, -0.1) is 0 Å². The van der Waals surface area contributed by atoms with Crippen LogP contribution >= 0.6 is 0 Å². The average Bonchev–Trinajstić information content (AvgIpc) is 2.97. The number of hydrogen-bond donors (Lipinski definition) is 1. The van der Waals surface area contributed by atoms with Crippen LogP contribution in [0.4, 0.5) is 13.2 Å². The Morgan fingerprint density at radius 3 is 2.74 bits per heavy atom. The number of nitrogens with zero attached hydrogens (tertiary/aromatic N) is 3. The van der Waals surface area contributed by atoms with Gasteiger partial charge in [0.25, 0.3) is 0 Å². The summed E-state index contributed by atoms with van der Waals surface area (Å²) in [5.41, 5.74) is -0.563. The molecular formula is C15H12F3N3O2. The van der Waals surface area contributed by atoms with Crippen LogP contribution in [0.5, 0.6) is 5.75 Å². The van der Waals surface area contributed by atoms with Crippen LogP contribution in [0.25, 0.3) is 5.65 Å². The number of aromatic nitrogens is 3. The van der Waals surface area contributed by atoms with Crippen LogP contribution in [0.2, 0.25) is 0 Å². The van der Waals surface area contributed by atoms with E-state index >= 15 is 0 Å². The van der Waals surface area contributed by atoms with E-state index in [1.165, 1.54) is 48.4 Å². The van der Waals surface area contributed by atoms with Gasteiger partial charge in [0.05, 0.1) is 30.8 Å².